The zero-order valence-corrected chi connectivity index (χ0v) is 3.63. The maximum atomic E-state index is 8.78. The van der Waals surface area contributed by atoms with Crippen LogP contribution < -0.4 is 0 Å². The van der Waals surface area contributed by atoms with E-state index in [2.05, 4.69) is 0 Å². The van der Waals surface area contributed by atoms with Crippen molar-refractivity contribution in [3.8, 4) is 0 Å². The minimum absolute atomic E-state index is 3.44. The van der Waals surface area contributed by atoms with Crippen LogP contribution in [-0.2, 0) is 3.74 Å². The van der Waals surface area contributed by atoms with Gasteiger partial charge in [-0.25, -0.2) is 0 Å². The second kappa shape index (κ2) is 1.58. The van der Waals surface area contributed by atoms with Crippen molar-refractivity contribution < 1.29 is 11.9 Å². The van der Waals surface area contributed by atoms with Crippen molar-refractivity contribution in [1.82, 2.24) is 0 Å². The number of hydrogen-bond donors (Lipinski definition) is 2. The molecule has 0 fully saturated rings. The Kier molecular flexibility index (Phi) is 1.69. The van der Waals surface area contributed by atoms with Gasteiger partial charge in [-0.2, -0.15) is 0 Å². The second-order valence-corrected chi connectivity index (χ2v) is 1.31. The van der Waals surface area contributed by atoms with E-state index >= 15 is 0 Å². The molecule has 1 radical (unpaired) electrons. The van der Waals surface area contributed by atoms with Gasteiger partial charge in [0, 0.05) is 0 Å². The summed E-state index contributed by atoms with van der Waals surface area (Å²) in [6.07, 6.45) is 0. The molecule has 0 aromatic carbocycles. The third-order valence-electron chi connectivity index (χ3n) is 0. The van der Waals surface area contributed by atoms with Gasteiger partial charge < -0.3 is 0 Å². The van der Waals surface area contributed by atoms with E-state index in [4.69, 9.17) is 11.9 Å². The molecule has 0 heterocycles. The average molecular weight is 125 g/mol. The summed E-state index contributed by atoms with van der Waals surface area (Å²) in [5.41, 5.74) is 0. The van der Waals surface area contributed by atoms with Crippen LogP contribution in [0, 0.1) is 0 Å². The van der Waals surface area contributed by atoms with Gasteiger partial charge in [0.2, 0.25) is 0 Å². The van der Waals surface area contributed by atoms with Gasteiger partial charge in [0.25, 0.3) is 0 Å². The normalized spacial score (nSPS) is 6.50. The summed E-state index contributed by atoms with van der Waals surface area (Å²) in [4.78, 5) is 0. The summed E-state index contributed by atoms with van der Waals surface area (Å²) in [6.45, 7) is 0. The molecule has 0 amide bonds. The third kappa shape index (κ3) is 48.0. The van der Waals surface area contributed by atoms with E-state index in [0.717, 1.165) is 0 Å². The van der Waals surface area contributed by atoms with E-state index in [1.54, 1.807) is 0 Å². The van der Waals surface area contributed by atoms with Gasteiger partial charge in [0.15, 0.2) is 0 Å². The number of hydrogen-bond acceptors (Lipinski definition) is 1. The molecule has 0 aliphatic rings. The van der Waals surface area contributed by atoms with E-state index in [1.807, 2.05) is 0 Å². The Hall–Kier alpha value is 0.278. The summed E-state index contributed by atoms with van der Waals surface area (Å²) in [6, 6.07) is 0. The van der Waals surface area contributed by atoms with E-state index in [0.29, 0.717) is 0 Å². The van der Waals surface area contributed by atoms with Crippen molar-refractivity contribution in [3.63, 3.8) is 0 Å². The first-order valence-corrected chi connectivity index (χ1v) is 3.03. The van der Waals surface area contributed by atoms with Gasteiger partial charge in [0.1, 0.15) is 0 Å². The quantitative estimate of drug-likeness (QED) is 0.383. The van der Waals surface area contributed by atoms with Crippen LogP contribution in [0.1, 0.15) is 0 Å². The fourth-order valence-electron chi connectivity index (χ4n) is 0. The minimum atomic E-state index is -3.44. The van der Waals surface area contributed by atoms with Crippen molar-refractivity contribution >= 4 is 15.3 Å². The first-order chi connectivity index (χ1) is 1.73. The fraction of sp³-hybridized carbons (Fsp3) is 0. The molecule has 0 rings (SSSR count). The summed E-state index contributed by atoms with van der Waals surface area (Å²) < 4.78 is 23.2. The van der Waals surface area contributed by atoms with Crippen LogP contribution in [0.5, 0.6) is 0 Å². The summed E-state index contributed by atoms with van der Waals surface area (Å²) >= 11 is -3.44. The fourth-order valence-corrected chi connectivity index (χ4v) is 0. The van der Waals surface area contributed by atoms with Crippen LogP contribution in [0.25, 0.3) is 0 Å². The van der Waals surface area contributed by atoms with E-state index in [1.165, 1.54) is 0 Å². The summed E-state index contributed by atoms with van der Waals surface area (Å²) in [5, 5.41) is 0. The standard InChI is InChI=1S/AsH2O3/c2-1(3)4/h(H2,2,3,4). The maximum absolute atomic E-state index is 8.78. The van der Waals surface area contributed by atoms with Crippen molar-refractivity contribution in [1.29, 1.82) is 0 Å². The average Bonchev–Trinajstić information content (AvgIpc) is 0.811. The predicted octanol–water partition coefficient (Wildman–Crippen LogP) is -1.61. The van der Waals surface area contributed by atoms with Gasteiger partial charge in [0.05, 0.1) is 0 Å². The molecule has 2 N–H and O–H groups in total. The van der Waals surface area contributed by atoms with Crippen molar-refractivity contribution in [2.45, 2.75) is 0 Å². The van der Waals surface area contributed by atoms with Gasteiger partial charge in [-0.05, 0) is 0 Å². The third-order valence-corrected chi connectivity index (χ3v) is 0. The molecule has 0 saturated carbocycles. The van der Waals surface area contributed by atoms with Crippen LogP contribution >= 0.6 is 0 Å². The van der Waals surface area contributed by atoms with Gasteiger partial charge in [-0.15, -0.1) is 0 Å². The Morgan fingerprint density at radius 1 is 1.50 bits per heavy atom. The van der Waals surface area contributed by atoms with Crippen molar-refractivity contribution in [2.75, 3.05) is 0 Å². The molecule has 0 saturated heterocycles. The Bertz CT molecular complexity index is 26.3. The van der Waals surface area contributed by atoms with Crippen LogP contribution in [0.4, 0.5) is 0 Å². The molecule has 0 atom stereocenters. The monoisotopic (exact) mass is 125 g/mol. The first kappa shape index (κ1) is 4.28. The Morgan fingerprint density at radius 2 is 1.50 bits per heavy atom. The number of rotatable bonds is 0. The zero-order chi connectivity index (χ0) is 3.58. The first-order valence-electron chi connectivity index (χ1n) is 0.583. The van der Waals surface area contributed by atoms with Gasteiger partial charge in [-0.3, -0.25) is 0 Å². The summed E-state index contributed by atoms with van der Waals surface area (Å²) in [7, 11) is 0. The van der Waals surface area contributed by atoms with Gasteiger partial charge >= 0.3 is 27.2 Å². The topological polar surface area (TPSA) is 57.5 Å². The second-order valence-electron chi connectivity index (χ2n) is 0.253. The molecule has 0 bridgehead atoms. The Balaban J connectivity index is 2.80. The van der Waals surface area contributed by atoms with E-state index in [-0.39, 0.29) is 0 Å². The molecule has 0 aromatic rings. The van der Waals surface area contributed by atoms with Crippen LogP contribution in [0.3, 0.4) is 0 Å². The van der Waals surface area contributed by atoms with Crippen LogP contribution in [0.15, 0.2) is 0 Å². The predicted molar refractivity (Wildman–Crippen MR) is 10.9 cm³/mol. The van der Waals surface area contributed by atoms with E-state index < -0.39 is 15.3 Å². The van der Waals surface area contributed by atoms with E-state index in [9.17, 15) is 0 Å². The molecule has 4 heteroatoms. The summed E-state index contributed by atoms with van der Waals surface area (Å²) in [5.74, 6) is 0. The Morgan fingerprint density at radius 3 is 1.50 bits per heavy atom. The molecule has 4 heavy (non-hydrogen) atoms. The molecule has 25 valence electrons. The molecule has 0 spiro atoms. The molecule has 0 aliphatic heterocycles. The SMILES string of the molecule is O=[As](O)O. The molecular weight excluding hydrogens is 123 g/mol. The zero-order valence-electron chi connectivity index (χ0n) is 1.75. The van der Waals surface area contributed by atoms with Crippen molar-refractivity contribution in [3.05, 3.63) is 0 Å². The van der Waals surface area contributed by atoms with Crippen molar-refractivity contribution in [2.24, 2.45) is 0 Å². The molecule has 3 nitrogen and oxygen atoms in total. The molecule has 0 aromatic heterocycles. The molecular formula is H2AsO3. The molecule has 0 unspecified atom stereocenters. The van der Waals surface area contributed by atoms with Gasteiger partial charge in [-0.1, -0.05) is 0 Å². The Labute approximate surface area is 28.1 Å². The van der Waals surface area contributed by atoms with Crippen LogP contribution in [-0.4, -0.2) is 23.5 Å². The van der Waals surface area contributed by atoms with Crippen LogP contribution in [0.2, 0.25) is 0 Å². The molecule has 0 aliphatic carbocycles.